The van der Waals surface area contributed by atoms with Gasteiger partial charge in [0.25, 0.3) is 5.91 Å². The third-order valence-electron chi connectivity index (χ3n) is 5.51. The van der Waals surface area contributed by atoms with Crippen molar-refractivity contribution in [1.82, 2.24) is 9.80 Å². The van der Waals surface area contributed by atoms with Crippen LogP contribution in [0.5, 0.6) is 0 Å². The van der Waals surface area contributed by atoms with E-state index in [4.69, 9.17) is 4.74 Å². The van der Waals surface area contributed by atoms with Gasteiger partial charge >= 0.3 is 0 Å². The molecule has 1 aliphatic carbocycles. The highest BCUT2D eigenvalue weighted by molar-refractivity contribution is 5.84. The number of amides is 2. The molecule has 2 amide bonds. The van der Waals surface area contributed by atoms with Gasteiger partial charge in [-0.1, -0.05) is 12.1 Å². The summed E-state index contributed by atoms with van der Waals surface area (Å²) in [6, 6.07) is 6.44. The predicted molar refractivity (Wildman–Crippen MR) is 89.4 cm³/mol. The highest BCUT2D eigenvalue weighted by Crippen LogP contribution is 2.48. The van der Waals surface area contributed by atoms with Crippen molar-refractivity contribution in [2.45, 2.75) is 31.3 Å². The summed E-state index contributed by atoms with van der Waals surface area (Å²) in [6.07, 6.45) is 2.30. The van der Waals surface area contributed by atoms with Gasteiger partial charge in [0.2, 0.25) is 5.91 Å². The molecule has 0 bridgehead atoms. The Balaban J connectivity index is 1.29. The molecule has 3 aliphatic rings. The molecule has 0 spiro atoms. The Kier molecular flexibility index (Phi) is 4.46. The minimum Gasteiger partial charge on any atom is -0.368 e. The van der Waals surface area contributed by atoms with Crippen LogP contribution in [0.2, 0.25) is 0 Å². The van der Waals surface area contributed by atoms with Crippen LogP contribution in [0.1, 0.15) is 30.7 Å². The number of piperazine rings is 1. The number of hydrogen-bond donors (Lipinski definition) is 0. The molecule has 2 heterocycles. The quantitative estimate of drug-likeness (QED) is 0.838. The Bertz CT molecular complexity index is 649. The van der Waals surface area contributed by atoms with Crippen molar-refractivity contribution in [2.75, 3.05) is 32.8 Å². The second-order valence-electron chi connectivity index (χ2n) is 7.15. The Morgan fingerprint density at radius 1 is 1.00 bits per heavy atom. The molecule has 5 nitrogen and oxygen atoms in total. The molecule has 2 saturated heterocycles. The number of carbonyl (C=O) groups is 2. The maximum Gasteiger partial charge on any atom is 0.251 e. The number of nitrogens with zero attached hydrogens (tertiary/aromatic N) is 2. The lowest BCUT2D eigenvalue weighted by Gasteiger charge is -2.36. The van der Waals surface area contributed by atoms with Crippen LogP contribution in [0, 0.1) is 11.7 Å². The SMILES string of the molecule is O=C(C1CCCO1)N1CCN(C(=O)C2CC2c2ccc(F)cc2)CC1. The van der Waals surface area contributed by atoms with E-state index in [1.807, 2.05) is 9.80 Å². The molecule has 3 unspecified atom stereocenters. The molecule has 2 aliphatic heterocycles. The first-order valence-corrected chi connectivity index (χ1v) is 9.08. The number of ether oxygens (including phenoxy) is 1. The monoisotopic (exact) mass is 346 g/mol. The second-order valence-corrected chi connectivity index (χ2v) is 7.15. The fraction of sp³-hybridized carbons (Fsp3) is 0.579. The minimum absolute atomic E-state index is 0.00544. The van der Waals surface area contributed by atoms with Crippen LogP contribution in [0.4, 0.5) is 4.39 Å². The second kappa shape index (κ2) is 6.75. The summed E-state index contributed by atoms with van der Waals surface area (Å²) in [5.41, 5.74) is 1.03. The maximum absolute atomic E-state index is 13.0. The van der Waals surface area contributed by atoms with E-state index in [0.29, 0.717) is 32.8 Å². The van der Waals surface area contributed by atoms with Crippen LogP contribution in [0.25, 0.3) is 0 Å². The number of rotatable bonds is 3. The summed E-state index contributed by atoms with van der Waals surface area (Å²) >= 11 is 0. The molecule has 25 heavy (non-hydrogen) atoms. The van der Waals surface area contributed by atoms with Crippen molar-refractivity contribution in [3.05, 3.63) is 35.6 Å². The molecule has 4 rings (SSSR count). The van der Waals surface area contributed by atoms with E-state index < -0.39 is 0 Å². The summed E-state index contributed by atoms with van der Waals surface area (Å²) in [7, 11) is 0. The summed E-state index contributed by atoms with van der Waals surface area (Å²) in [6.45, 7) is 3.01. The zero-order valence-electron chi connectivity index (χ0n) is 14.2. The molecule has 1 aromatic rings. The maximum atomic E-state index is 13.0. The summed E-state index contributed by atoms with van der Waals surface area (Å²) in [5.74, 6) is 0.198. The summed E-state index contributed by atoms with van der Waals surface area (Å²) in [4.78, 5) is 28.7. The summed E-state index contributed by atoms with van der Waals surface area (Å²) in [5, 5.41) is 0. The molecule has 1 saturated carbocycles. The Hall–Kier alpha value is -1.95. The van der Waals surface area contributed by atoms with Crippen molar-refractivity contribution in [3.8, 4) is 0 Å². The van der Waals surface area contributed by atoms with E-state index >= 15 is 0 Å². The highest BCUT2D eigenvalue weighted by atomic mass is 19.1. The first-order valence-electron chi connectivity index (χ1n) is 9.08. The van der Waals surface area contributed by atoms with Crippen molar-refractivity contribution in [2.24, 2.45) is 5.92 Å². The number of hydrogen-bond acceptors (Lipinski definition) is 3. The van der Waals surface area contributed by atoms with Gasteiger partial charge < -0.3 is 14.5 Å². The first kappa shape index (κ1) is 16.5. The van der Waals surface area contributed by atoms with Crippen molar-refractivity contribution < 1.29 is 18.7 Å². The average Bonchev–Trinajstić information content (AvgIpc) is 3.25. The molecule has 0 radical (unpaired) electrons. The van der Waals surface area contributed by atoms with Crippen LogP contribution in [0.3, 0.4) is 0 Å². The minimum atomic E-state index is -0.284. The van der Waals surface area contributed by atoms with Crippen LogP contribution >= 0.6 is 0 Å². The van der Waals surface area contributed by atoms with Gasteiger partial charge in [0.05, 0.1) is 0 Å². The zero-order valence-corrected chi connectivity index (χ0v) is 14.2. The average molecular weight is 346 g/mol. The normalized spacial score (nSPS) is 28.9. The van der Waals surface area contributed by atoms with Crippen molar-refractivity contribution in [3.63, 3.8) is 0 Å². The molecule has 134 valence electrons. The predicted octanol–water partition coefficient (Wildman–Crippen LogP) is 1.78. The fourth-order valence-electron chi connectivity index (χ4n) is 3.90. The van der Waals surface area contributed by atoms with E-state index in [1.54, 1.807) is 12.1 Å². The lowest BCUT2D eigenvalue weighted by atomic mass is 10.1. The van der Waals surface area contributed by atoms with Gasteiger partial charge in [0.15, 0.2) is 0 Å². The first-order chi connectivity index (χ1) is 12.1. The molecular formula is C19H23FN2O3. The Labute approximate surface area is 146 Å². The standard InChI is InChI=1S/C19H23FN2O3/c20-14-5-3-13(4-6-14)15-12-16(15)18(23)21-7-9-22(10-8-21)19(24)17-2-1-11-25-17/h3-6,15-17H,1-2,7-12H2. The highest BCUT2D eigenvalue weighted by Gasteiger charge is 2.46. The van der Waals surface area contributed by atoms with Gasteiger partial charge in [0, 0.05) is 38.7 Å². The third kappa shape index (κ3) is 3.40. The van der Waals surface area contributed by atoms with Gasteiger partial charge in [-0.05, 0) is 42.9 Å². The van der Waals surface area contributed by atoms with Gasteiger partial charge in [-0.25, -0.2) is 4.39 Å². The van der Waals surface area contributed by atoms with E-state index in [9.17, 15) is 14.0 Å². The van der Waals surface area contributed by atoms with Gasteiger partial charge in [0.1, 0.15) is 11.9 Å². The zero-order chi connectivity index (χ0) is 17.4. The van der Waals surface area contributed by atoms with Crippen molar-refractivity contribution in [1.29, 1.82) is 0 Å². The number of carbonyl (C=O) groups excluding carboxylic acids is 2. The molecular weight excluding hydrogens is 323 g/mol. The van der Waals surface area contributed by atoms with Gasteiger partial charge in [-0.15, -0.1) is 0 Å². The van der Waals surface area contributed by atoms with Crippen LogP contribution in [-0.2, 0) is 14.3 Å². The van der Waals surface area contributed by atoms with E-state index in [-0.39, 0.29) is 35.6 Å². The largest absolute Gasteiger partial charge is 0.368 e. The fourth-order valence-corrected chi connectivity index (χ4v) is 3.90. The molecule has 0 aromatic heterocycles. The lowest BCUT2D eigenvalue weighted by molar-refractivity contribution is -0.146. The van der Waals surface area contributed by atoms with E-state index in [2.05, 4.69) is 0 Å². The molecule has 3 fully saturated rings. The van der Waals surface area contributed by atoms with Crippen molar-refractivity contribution >= 4 is 11.8 Å². The topological polar surface area (TPSA) is 49.9 Å². The molecule has 6 heteroatoms. The van der Waals surface area contributed by atoms with Crippen LogP contribution in [0.15, 0.2) is 24.3 Å². The van der Waals surface area contributed by atoms with E-state index in [0.717, 1.165) is 24.8 Å². The molecule has 1 aromatic carbocycles. The van der Waals surface area contributed by atoms with Crippen LogP contribution in [-0.4, -0.2) is 60.5 Å². The van der Waals surface area contributed by atoms with Gasteiger partial charge in [-0.2, -0.15) is 0 Å². The Morgan fingerprint density at radius 3 is 2.24 bits per heavy atom. The smallest absolute Gasteiger partial charge is 0.251 e. The number of benzene rings is 1. The molecule has 0 N–H and O–H groups in total. The van der Waals surface area contributed by atoms with Gasteiger partial charge in [-0.3, -0.25) is 9.59 Å². The van der Waals surface area contributed by atoms with Crippen LogP contribution < -0.4 is 0 Å². The summed E-state index contributed by atoms with van der Waals surface area (Å²) < 4.78 is 18.5. The Morgan fingerprint density at radius 2 is 1.64 bits per heavy atom. The van der Waals surface area contributed by atoms with E-state index in [1.165, 1.54) is 12.1 Å². The number of halogens is 1. The molecule has 3 atom stereocenters. The lowest BCUT2D eigenvalue weighted by Crippen LogP contribution is -2.53. The third-order valence-corrected chi connectivity index (χ3v) is 5.51.